The summed E-state index contributed by atoms with van der Waals surface area (Å²) in [5.74, 6) is 5.76. The van der Waals surface area contributed by atoms with Crippen molar-refractivity contribution in [1.29, 1.82) is 0 Å². The molecule has 0 saturated carbocycles. The first kappa shape index (κ1) is 24.9. The molecule has 35 heavy (non-hydrogen) atoms. The van der Waals surface area contributed by atoms with Gasteiger partial charge in [-0.1, -0.05) is 12.0 Å². The van der Waals surface area contributed by atoms with Crippen molar-refractivity contribution in [2.24, 2.45) is 0 Å². The summed E-state index contributed by atoms with van der Waals surface area (Å²) in [5, 5.41) is 7.23. The van der Waals surface area contributed by atoms with Gasteiger partial charge in [0.1, 0.15) is 6.54 Å². The fraction of sp³-hybridized carbons (Fsp3) is 0.360. The third-order valence-corrected chi connectivity index (χ3v) is 7.04. The van der Waals surface area contributed by atoms with Crippen LogP contribution in [-0.2, 0) is 16.4 Å². The van der Waals surface area contributed by atoms with Crippen molar-refractivity contribution < 1.29 is 21.6 Å². The summed E-state index contributed by atoms with van der Waals surface area (Å²) in [6.45, 7) is 0.911. The van der Waals surface area contributed by atoms with Crippen LogP contribution in [0.4, 0.5) is 24.5 Å². The number of benzene rings is 2. The number of alkyl halides is 3. The van der Waals surface area contributed by atoms with E-state index < -0.39 is 22.6 Å². The van der Waals surface area contributed by atoms with Gasteiger partial charge in [0, 0.05) is 35.6 Å². The van der Waals surface area contributed by atoms with Gasteiger partial charge < -0.3 is 20.1 Å². The Morgan fingerprint density at radius 2 is 1.89 bits per heavy atom. The van der Waals surface area contributed by atoms with Crippen LogP contribution >= 0.6 is 0 Å². The zero-order valence-corrected chi connectivity index (χ0v) is 20.3. The van der Waals surface area contributed by atoms with E-state index in [1.54, 1.807) is 30.3 Å². The van der Waals surface area contributed by atoms with Crippen molar-refractivity contribution >= 4 is 32.1 Å². The normalized spacial score (nSPS) is 16.8. The molecule has 1 aliphatic rings. The van der Waals surface area contributed by atoms with E-state index in [-0.39, 0.29) is 23.2 Å². The molecule has 0 radical (unpaired) electrons. The minimum Gasteiger partial charge on any atom is -0.380 e. The van der Waals surface area contributed by atoms with E-state index in [0.717, 1.165) is 31.5 Å². The Labute approximate surface area is 203 Å². The number of hydrogen-bond acceptors (Lipinski definition) is 5. The van der Waals surface area contributed by atoms with E-state index in [2.05, 4.69) is 27.4 Å². The average Bonchev–Trinajstić information content (AvgIpc) is 3.34. The van der Waals surface area contributed by atoms with Crippen LogP contribution < -0.4 is 10.6 Å². The molecule has 0 spiro atoms. The van der Waals surface area contributed by atoms with Gasteiger partial charge in [0.05, 0.1) is 22.7 Å². The summed E-state index contributed by atoms with van der Waals surface area (Å²) in [6.07, 6.45) is -2.28. The molecule has 0 bridgehead atoms. The summed E-state index contributed by atoms with van der Waals surface area (Å²) >= 11 is 0. The predicted octanol–water partition coefficient (Wildman–Crippen LogP) is 4.19. The first-order valence-electron chi connectivity index (χ1n) is 11.2. The van der Waals surface area contributed by atoms with Crippen LogP contribution in [0.5, 0.6) is 0 Å². The minimum atomic E-state index is -4.39. The number of halogens is 3. The number of nitrogens with zero attached hydrogens (tertiary/aromatic N) is 2. The maximum atomic E-state index is 13.4. The maximum Gasteiger partial charge on any atom is 0.406 e. The largest absolute Gasteiger partial charge is 0.406 e. The summed E-state index contributed by atoms with van der Waals surface area (Å²) < 4.78 is 64.5. The molecule has 4 rings (SSSR count). The molecule has 1 aliphatic heterocycles. The summed E-state index contributed by atoms with van der Waals surface area (Å²) in [4.78, 5) is 2.42. The number of rotatable bonds is 6. The van der Waals surface area contributed by atoms with Gasteiger partial charge in [0.2, 0.25) is 0 Å². The lowest BCUT2D eigenvalue weighted by Crippen LogP contribution is -2.23. The highest BCUT2D eigenvalue weighted by molar-refractivity contribution is 7.90. The van der Waals surface area contributed by atoms with Crippen LogP contribution in [-0.4, -0.2) is 63.0 Å². The van der Waals surface area contributed by atoms with Crippen LogP contribution in [0.2, 0.25) is 0 Å². The van der Waals surface area contributed by atoms with Crippen molar-refractivity contribution in [2.45, 2.75) is 30.1 Å². The van der Waals surface area contributed by atoms with Crippen molar-refractivity contribution in [1.82, 2.24) is 9.47 Å². The van der Waals surface area contributed by atoms with Gasteiger partial charge in [0.25, 0.3) is 0 Å². The lowest BCUT2D eigenvalue weighted by Gasteiger charge is -2.16. The zero-order valence-electron chi connectivity index (χ0n) is 19.5. The molecule has 1 saturated heterocycles. The van der Waals surface area contributed by atoms with Crippen molar-refractivity contribution in [3.05, 3.63) is 54.2 Å². The number of aromatic nitrogens is 1. The summed E-state index contributed by atoms with van der Waals surface area (Å²) in [7, 11) is -1.24. The van der Waals surface area contributed by atoms with Gasteiger partial charge in [-0.2, -0.15) is 13.2 Å². The Kier molecular flexibility index (Phi) is 7.01. The number of fused-ring (bicyclic) bond motifs is 1. The molecular formula is C25H27F3N4O2S. The highest BCUT2D eigenvalue weighted by Crippen LogP contribution is 2.31. The highest BCUT2D eigenvalue weighted by atomic mass is 32.2. The third kappa shape index (κ3) is 6.29. The first-order chi connectivity index (χ1) is 16.5. The fourth-order valence-electron chi connectivity index (χ4n) is 4.24. The molecule has 3 aromatic rings. The Morgan fingerprint density at radius 3 is 2.51 bits per heavy atom. The number of anilines is 2. The second-order valence-electron chi connectivity index (χ2n) is 8.81. The topological polar surface area (TPSA) is 66.4 Å². The van der Waals surface area contributed by atoms with E-state index in [1.165, 1.54) is 16.7 Å². The van der Waals surface area contributed by atoms with Gasteiger partial charge >= 0.3 is 6.18 Å². The van der Waals surface area contributed by atoms with Crippen LogP contribution in [0.3, 0.4) is 0 Å². The first-order valence-corrected chi connectivity index (χ1v) is 13.1. The molecule has 2 aromatic carbocycles. The lowest BCUT2D eigenvalue weighted by molar-refractivity contribution is -0.140. The van der Waals surface area contributed by atoms with E-state index >= 15 is 0 Å². The average molecular weight is 505 g/mol. The Bertz CT molecular complexity index is 1370. The standard InChI is InChI=1S/C25H27F3N4O2S/c1-31-14-12-19(16-31)30-23-6-3-7-24-22(23)15-20(32(24)17-25(26,27)28)5-4-13-29-18-8-10-21(11-9-18)35(2,33)34/h3,6-11,15,19,29-30H,12-14,16-17H2,1-2H3. The molecule has 1 aromatic heterocycles. The third-order valence-electron chi connectivity index (χ3n) is 5.91. The molecular weight excluding hydrogens is 477 g/mol. The number of sulfone groups is 1. The summed E-state index contributed by atoms with van der Waals surface area (Å²) in [5.41, 5.74) is 2.23. The molecule has 10 heteroatoms. The molecule has 186 valence electrons. The van der Waals surface area contributed by atoms with Crippen molar-refractivity contribution in [2.75, 3.05) is 43.6 Å². The van der Waals surface area contributed by atoms with Gasteiger partial charge in [-0.3, -0.25) is 0 Å². The molecule has 2 heterocycles. The second kappa shape index (κ2) is 9.84. The van der Waals surface area contributed by atoms with Crippen LogP contribution in [0, 0.1) is 11.8 Å². The zero-order chi connectivity index (χ0) is 25.2. The molecule has 6 nitrogen and oxygen atoms in total. The Hall–Kier alpha value is -3.16. The van der Waals surface area contributed by atoms with E-state index in [0.29, 0.717) is 16.6 Å². The molecule has 0 aliphatic carbocycles. The minimum absolute atomic E-state index is 0.186. The van der Waals surface area contributed by atoms with Gasteiger partial charge in [-0.15, -0.1) is 0 Å². The van der Waals surface area contributed by atoms with Crippen LogP contribution in [0.1, 0.15) is 12.1 Å². The van der Waals surface area contributed by atoms with Crippen molar-refractivity contribution in [3.63, 3.8) is 0 Å². The van der Waals surface area contributed by atoms with Gasteiger partial charge in [-0.05, 0) is 68.4 Å². The van der Waals surface area contributed by atoms with Crippen LogP contribution in [0.25, 0.3) is 10.9 Å². The SMILES string of the molecule is CN1CCC(Nc2cccc3c2cc(C#CCNc2ccc(S(C)(=O)=O)cc2)n3CC(F)(F)F)C1. The molecule has 1 fully saturated rings. The smallest absolute Gasteiger partial charge is 0.380 e. The molecule has 1 atom stereocenters. The van der Waals surface area contributed by atoms with E-state index in [1.807, 2.05) is 13.1 Å². The summed E-state index contributed by atoms with van der Waals surface area (Å²) in [6, 6.07) is 13.5. The molecule has 1 unspecified atom stereocenters. The Balaban J connectivity index is 1.57. The number of nitrogens with one attached hydrogen (secondary N) is 2. The second-order valence-corrected chi connectivity index (χ2v) is 10.8. The lowest BCUT2D eigenvalue weighted by atomic mass is 10.1. The van der Waals surface area contributed by atoms with Crippen LogP contribution in [0.15, 0.2) is 53.4 Å². The molecule has 0 amide bonds. The highest BCUT2D eigenvalue weighted by Gasteiger charge is 2.30. The van der Waals surface area contributed by atoms with Gasteiger partial charge in [0.15, 0.2) is 9.84 Å². The Morgan fingerprint density at radius 1 is 1.14 bits per heavy atom. The fourth-order valence-corrected chi connectivity index (χ4v) is 4.87. The monoisotopic (exact) mass is 504 g/mol. The number of hydrogen-bond donors (Lipinski definition) is 2. The van der Waals surface area contributed by atoms with E-state index in [4.69, 9.17) is 0 Å². The predicted molar refractivity (Wildman–Crippen MR) is 132 cm³/mol. The number of likely N-dealkylation sites (N-methyl/N-ethyl adjacent to an activating group) is 1. The van der Waals surface area contributed by atoms with Crippen molar-refractivity contribution in [3.8, 4) is 11.8 Å². The number of likely N-dealkylation sites (tertiary alicyclic amines) is 1. The van der Waals surface area contributed by atoms with Gasteiger partial charge in [-0.25, -0.2) is 8.42 Å². The maximum absolute atomic E-state index is 13.4. The quantitative estimate of drug-likeness (QED) is 0.493. The molecule has 2 N–H and O–H groups in total. The van der Waals surface area contributed by atoms with E-state index in [9.17, 15) is 21.6 Å².